The summed E-state index contributed by atoms with van der Waals surface area (Å²) in [5.74, 6) is -0.102. The maximum Gasteiger partial charge on any atom is 0.243 e. The number of carbonyl (C=O) groups is 1. The molecule has 1 amide bonds. The third kappa shape index (κ3) is 6.07. The molecule has 156 valence electrons. The van der Waals surface area contributed by atoms with Crippen LogP contribution in [-0.2, 0) is 14.8 Å². The molecule has 2 aromatic carbocycles. The van der Waals surface area contributed by atoms with Crippen molar-refractivity contribution in [1.29, 1.82) is 0 Å². The number of carbonyl (C=O) groups excluding carboxylic acids is 1. The van der Waals surface area contributed by atoms with Crippen molar-refractivity contribution in [3.8, 4) is 0 Å². The zero-order valence-corrected chi connectivity index (χ0v) is 18.5. The van der Waals surface area contributed by atoms with Crippen LogP contribution in [0.4, 0.5) is 5.69 Å². The molecule has 29 heavy (non-hydrogen) atoms. The fourth-order valence-electron chi connectivity index (χ4n) is 3.20. The summed E-state index contributed by atoms with van der Waals surface area (Å²) in [6, 6.07) is 11.7. The van der Waals surface area contributed by atoms with Gasteiger partial charge in [-0.3, -0.25) is 9.69 Å². The van der Waals surface area contributed by atoms with Gasteiger partial charge in [-0.05, 0) is 37.1 Å². The topological polar surface area (TPSA) is 78.5 Å². The second-order valence-corrected chi connectivity index (χ2v) is 9.69. The van der Waals surface area contributed by atoms with Gasteiger partial charge in [0.25, 0.3) is 0 Å². The van der Waals surface area contributed by atoms with Gasteiger partial charge in [-0.15, -0.1) is 0 Å². The number of nitrogens with zero attached hydrogens (tertiary/aromatic N) is 1. The molecule has 1 aliphatic heterocycles. The maximum atomic E-state index is 12.7. The van der Waals surface area contributed by atoms with E-state index in [-0.39, 0.29) is 38.5 Å². The van der Waals surface area contributed by atoms with Gasteiger partial charge in [0.05, 0.1) is 16.6 Å². The predicted molar refractivity (Wildman–Crippen MR) is 116 cm³/mol. The molecule has 0 aliphatic carbocycles. The van der Waals surface area contributed by atoms with Crippen LogP contribution < -0.4 is 10.0 Å². The van der Waals surface area contributed by atoms with Crippen LogP contribution in [0.2, 0.25) is 15.1 Å². The van der Waals surface area contributed by atoms with Crippen molar-refractivity contribution in [2.24, 2.45) is 0 Å². The number of likely N-dealkylation sites (tertiary alicyclic amines) is 1. The minimum absolute atomic E-state index is 0.0231. The molecule has 1 fully saturated rings. The standard InChI is InChI=1S/C19H20Cl3N3O3S/c20-13-10-16(21)19(17(22)11-13)29(27,28)24-15-6-8-25(9-7-15)12-18(26)23-14-4-2-1-3-5-14/h1-5,10-11,15,24H,6-9,12H2,(H,23,26). The van der Waals surface area contributed by atoms with Crippen molar-refractivity contribution in [2.45, 2.75) is 23.8 Å². The summed E-state index contributed by atoms with van der Waals surface area (Å²) in [5.41, 5.74) is 0.747. The molecule has 1 aliphatic rings. The Morgan fingerprint density at radius 3 is 2.21 bits per heavy atom. The summed E-state index contributed by atoms with van der Waals surface area (Å²) in [6.07, 6.45) is 1.14. The molecule has 2 N–H and O–H groups in total. The van der Waals surface area contributed by atoms with Crippen LogP contribution in [0.25, 0.3) is 0 Å². The first-order valence-electron chi connectivity index (χ1n) is 8.99. The second kappa shape index (κ2) is 9.64. The van der Waals surface area contributed by atoms with Crippen LogP contribution in [0, 0.1) is 0 Å². The summed E-state index contributed by atoms with van der Waals surface area (Å²) in [7, 11) is -3.89. The van der Waals surface area contributed by atoms with E-state index in [9.17, 15) is 13.2 Å². The van der Waals surface area contributed by atoms with E-state index in [1.165, 1.54) is 12.1 Å². The zero-order chi connectivity index (χ0) is 21.0. The van der Waals surface area contributed by atoms with Gasteiger partial charge in [0, 0.05) is 29.8 Å². The molecule has 0 bridgehead atoms. The molecule has 0 unspecified atom stereocenters. The van der Waals surface area contributed by atoms with Crippen molar-refractivity contribution >= 4 is 56.4 Å². The molecule has 0 saturated carbocycles. The molecule has 1 heterocycles. The molecule has 2 aromatic rings. The number of anilines is 1. The summed E-state index contributed by atoms with van der Waals surface area (Å²) < 4.78 is 28.1. The van der Waals surface area contributed by atoms with Gasteiger partial charge in [0.2, 0.25) is 15.9 Å². The van der Waals surface area contributed by atoms with Crippen molar-refractivity contribution in [3.05, 3.63) is 57.5 Å². The van der Waals surface area contributed by atoms with E-state index in [0.717, 1.165) is 5.69 Å². The van der Waals surface area contributed by atoms with Crippen molar-refractivity contribution in [1.82, 2.24) is 9.62 Å². The summed E-state index contributed by atoms with van der Waals surface area (Å²) in [5, 5.41) is 3.06. The Morgan fingerprint density at radius 2 is 1.62 bits per heavy atom. The highest BCUT2D eigenvalue weighted by molar-refractivity contribution is 7.89. The number of nitrogens with one attached hydrogen (secondary N) is 2. The Morgan fingerprint density at radius 1 is 1.03 bits per heavy atom. The summed E-state index contributed by atoms with van der Waals surface area (Å²) >= 11 is 17.9. The monoisotopic (exact) mass is 475 g/mol. The van der Waals surface area contributed by atoms with Crippen molar-refractivity contribution < 1.29 is 13.2 Å². The Labute approximate surface area is 185 Å². The van der Waals surface area contributed by atoms with E-state index < -0.39 is 10.0 Å². The number of rotatable bonds is 6. The number of piperidine rings is 1. The maximum absolute atomic E-state index is 12.7. The Kier molecular flexibility index (Phi) is 7.42. The first-order chi connectivity index (χ1) is 13.7. The number of halogens is 3. The molecular formula is C19H20Cl3N3O3S. The lowest BCUT2D eigenvalue weighted by Crippen LogP contribution is -2.46. The van der Waals surface area contributed by atoms with Crippen molar-refractivity contribution in [3.63, 3.8) is 0 Å². The molecule has 10 heteroatoms. The minimum atomic E-state index is -3.89. The van der Waals surface area contributed by atoms with Crippen LogP contribution in [0.1, 0.15) is 12.8 Å². The van der Waals surface area contributed by atoms with Gasteiger partial charge in [0.15, 0.2) is 0 Å². The molecule has 0 aromatic heterocycles. The predicted octanol–water partition coefficient (Wildman–Crippen LogP) is 4.03. The Bertz CT molecular complexity index is 956. The zero-order valence-electron chi connectivity index (χ0n) is 15.4. The van der Waals surface area contributed by atoms with E-state index in [0.29, 0.717) is 25.9 Å². The smallest absolute Gasteiger partial charge is 0.243 e. The fraction of sp³-hybridized carbons (Fsp3) is 0.316. The second-order valence-electron chi connectivity index (χ2n) is 6.78. The number of para-hydroxylation sites is 1. The molecule has 0 radical (unpaired) electrons. The van der Waals surface area contributed by atoms with Crippen LogP contribution in [0.15, 0.2) is 47.4 Å². The number of benzene rings is 2. The first-order valence-corrected chi connectivity index (χ1v) is 11.6. The highest BCUT2D eigenvalue weighted by atomic mass is 35.5. The lowest BCUT2D eigenvalue weighted by Gasteiger charge is -2.31. The van der Waals surface area contributed by atoms with Gasteiger partial charge in [-0.2, -0.15) is 0 Å². The van der Waals surface area contributed by atoms with Crippen LogP contribution in [0.3, 0.4) is 0 Å². The average Bonchev–Trinajstić information content (AvgIpc) is 2.62. The average molecular weight is 477 g/mol. The molecular weight excluding hydrogens is 457 g/mol. The summed E-state index contributed by atoms with van der Waals surface area (Å²) in [4.78, 5) is 14.0. The highest BCUT2D eigenvalue weighted by Gasteiger charge is 2.28. The Hall–Kier alpha value is -1.35. The van der Waals surface area contributed by atoms with E-state index in [2.05, 4.69) is 10.0 Å². The third-order valence-electron chi connectivity index (χ3n) is 4.57. The van der Waals surface area contributed by atoms with Gasteiger partial charge in [-0.25, -0.2) is 13.1 Å². The van der Waals surface area contributed by atoms with E-state index in [4.69, 9.17) is 34.8 Å². The highest BCUT2D eigenvalue weighted by Crippen LogP contribution is 2.33. The lowest BCUT2D eigenvalue weighted by molar-refractivity contribution is -0.117. The third-order valence-corrected chi connectivity index (χ3v) is 7.23. The normalized spacial score (nSPS) is 16.0. The fourth-order valence-corrected chi connectivity index (χ4v) is 6.05. The molecule has 0 spiro atoms. The largest absolute Gasteiger partial charge is 0.325 e. The van der Waals surface area contributed by atoms with E-state index in [1.807, 2.05) is 35.2 Å². The first kappa shape index (κ1) is 22.3. The molecule has 3 rings (SSSR count). The molecule has 6 nitrogen and oxygen atoms in total. The van der Waals surface area contributed by atoms with Gasteiger partial charge < -0.3 is 5.32 Å². The number of amides is 1. The van der Waals surface area contributed by atoms with Crippen LogP contribution in [0.5, 0.6) is 0 Å². The number of sulfonamides is 1. The van der Waals surface area contributed by atoms with Crippen LogP contribution >= 0.6 is 34.8 Å². The van der Waals surface area contributed by atoms with Gasteiger partial charge >= 0.3 is 0 Å². The number of hydrogen-bond donors (Lipinski definition) is 2. The quantitative estimate of drug-likeness (QED) is 0.660. The summed E-state index contributed by atoms with van der Waals surface area (Å²) in [6.45, 7) is 1.44. The molecule has 0 atom stereocenters. The van der Waals surface area contributed by atoms with Crippen molar-refractivity contribution in [2.75, 3.05) is 25.0 Å². The van der Waals surface area contributed by atoms with Gasteiger partial charge in [-0.1, -0.05) is 53.0 Å². The lowest BCUT2D eigenvalue weighted by atomic mass is 10.1. The number of hydrogen-bond acceptors (Lipinski definition) is 4. The van der Waals surface area contributed by atoms with Gasteiger partial charge in [0.1, 0.15) is 4.90 Å². The van der Waals surface area contributed by atoms with E-state index in [1.54, 1.807) is 0 Å². The molecule has 1 saturated heterocycles. The minimum Gasteiger partial charge on any atom is -0.325 e. The van der Waals surface area contributed by atoms with Crippen LogP contribution in [-0.4, -0.2) is 44.9 Å². The Balaban J connectivity index is 1.54. The SMILES string of the molecule is O=C(CN1CCC(NS(=O)(=O)c2c(Cl)cc(Cl)cc2Cl)CC1)Nc1ccccc1. The van der Waals surface area contributed by atoms with E-state index >= 15 is 0 Å².